The Labute approximate surface area is 111 Å². The van der Waals surface area contributed by atoms with E-state index in [1.165, 1.54) is 5.56 Å². The lowest BCUT2D eigenvalue weighted by atomic mass is 10.0. The minimum atomic E-state index is 0.0684. The number of rotatable bonds is 3. The number of likely N-dealkylation sites (N-methyl/N-ethyl adjacent to an activating group) is 1. The Morgan fingerprint density at radius 1 is 1.47 bits per heavy atom. The zero-order valence-electron chi connectivity index (χ0n) is 10.1. The predicted octanol–water partition coefficient (Wildman–Crippen LogP) is 1.65. The molecule has 0 aliphatic carbocycles. The quantitative estimate of drug-likeness (QED) is 0.922. The number of nitrogens with zero attached hydrogens (tertiary/aromatic N) is 1. The maximum absolute atomic E-state index is 6.22. The molecule has 2 rings (SSSR count). The Kier molecular flexibility index (Phi) is 4.56. The number of hydrogen-bond acceptors (Lipinski definition) is 3. The number of ether oxygens (including phenoxy) is 1. The third-order valence-electron chi connectivity index (χ3n) is 3.16. The summed E-state index contributed by atoms with van der Waals surface area (Å²) < 4.78 is 6.83. The fourth-order valence-corrected chi connectivity index (χ4v) is 2.36. The Morgan fingerprint density at radius 3 is 2.82 bits per heavy atom. The maximum Gasteiger partial charge on any atom is 0.0856 e. The van der Waals surface area contributed by atoms with Crippen LogP contribution in [-0.4, -0.2) is 43.8 Å². The molecule has 3 nitrogen and oxygen atoms in total. The van der Waals surface area contributed by atoms with Crippen LogP contribution in [0.5, 0.6) is 0 Å². The zero-order valence-corrected chi connectivity index (χ0v) is 11.7. The highest BCUT2D eigenvalue weighted by molar-refractivity contribution is 9.10. The monoisotopic (exact) mass is 298 g/mol. The van der Waals surface area contributed by atoms with E-state index < -0.39 is 0 Å². The van der Waals surface area contributed by atoms with Gasteiger partial charge in [-0.05, 0) is 31.2 Å². The van der Waals surface area contributed by atoms with Crippen molar-refractivity contribution in [3.63, 3.8) is 0 Å². The van der Waals surface area contributed by atoms with E-state index in [1.54, 1.807) is 0 Å². The van der Waals surface area contributed by atoms with Gasteiger partial charge in [0, 0.05) is 23.6 Å². The van der Waals surface area contributed by atoms with Crippen molar-refractivity contribution >= 4 is 15.9 Å². The van der Waals surface area contributed by atoms with Gasteiger partial charge in [0.25, 0.3) is 0 Å². The van der Waals surface area contributed by atoms with Crippen LogP contribution in [0, 0.1) is 0 Å². The Balaban J connectivity index is 1.91. The van der Waals surface area contributed by atoms with E-state index in [2.05, 4.69) is 52.1 Å². The first-order valence-electron chi connectivity index (χ1n) is 5.95. The van der Waals surface area contributed by atoms with Gasteiger partial charge in [-0.2, -0.15) is 0 Å². The number of nitrogens with two attached hydrogens (primary N) is 1. The summed E-state index contributed by atoms with van der Waals surface area (Å²) in [7, 11) is 2.11. The molecule has 1 aromatic carbocycles. The minimum Gasteiger partial charge on any atom is -0.374 e. The fourth-order valence-electron chi connectivity index (χ4n) is 2.09. The molecule has 2 unspecified atom stereocenters. The van der Waals surface area contributed by atoms with Crippen LogP contribution >= 0.6 is 15.9 Å². The van der Waals surface area contributed by atoms with Crippen molar-refractivity contribution in [2.75, 3.05) is 26.7 Å². The van der Waals surface area contributed by atoms with Crippen LogP contribution in [0.15, 0.2) is 28.7 Å². The van der Waals surface area contributed by atoms with Crippen LogP contribution in [0.3, 0.4) is 0 Å². The molecule has 0 aromatic heterocycles. The first-order valence-corrected chi connectivity index (χ1v) is 6.74. The normalized spacial score (nSPS) is 23.6. The third kappa shape index (κ3) is 3.78. The van der Waals surface area contributed by atoms with Crippen molar-refractivity contribution in [1.82, 2.24) is 4.90 Å². The van der Waals surface area contributed by atoms with Crippen LogP contribution in [0.4, 0.5) is 0 Å². The van der Waals surface area contributed by atoms with E-state index in [1.807, 2.05) is 0 Å². The average molecular weight is 299 g/mol. The summed E-state index contributed by atoms with van der Waals surface area (Å²) in [6.07, 6.45) is 1.02. The van der Waals surface area contributed by atoms with Gasteiger partial charge in [0.2, 0.25) is 0 Å². The molecule has 0 radical (unpaired) electrons. The summed E-state index contributed by atoms with van der Waals surface area (Å²) in [4.78, 5) is 2.27. The molecule has 4 heteroatoms. The summed E-state index contributed by atoms with van der Waals surface area (Å²) in [6.45, 7) is 2.72. The second-order valence-corrected chi connectivity index (χ2v) is 5.58. The van der Waals surface area contributed by atoms with Crippen LogP contribution in [0.2, 0.25) is 0 Å². The summed E-state index contributed by atoms with van der Waals surface area (Å²) in [5.41, 5.74) is 7.48. The first kappa shape index (κ1) is 13.0. The van der Waals surface area contributed by atoms with Crippen molar-refractivity contribution in [2.45, 2.75) is 18.6 Å². The van der Waals surface area contributed by atoms with Crippen molar-refractivity contribution in [3.05, 3.63) is 34.3 Å². The van der Waals surface area contributed by atoms with Crippen molar-refractivity contribution in [1.29, 1.82) is 0 Å². The molecule has 0 amide bonds. The molecule has 1 fully saturated rings. The summed E-state index contributed by atoms with van der Waals surface area (Å²) >= 11 is 3.43. The zero-order chi connectivity index (χ0) is 12.3. The van der Waals surface area contributed by atoms with Gasteiger partial charge < -0.3 is 15.4 Å². The van der Waals surface area contributed by atoms with E-state index in [9.17, 15) is 0 Å². The average Bonchev–Trinajstić information content (AvgIpc) is 2.32. The highest BCUT2D eigenvalue weighted by Gasteiger charge is 2.23. The lowest BCUT2D eigenvalue weighted by Gasteiger charge is -2.33. The van der Waals surface area contributed by atoms with Crippen molar-refractivity contribution in [2.24, 2.45) is 5.73 Å². The molecule has 1 saturated heterocycles. The molecule has 0 bridgehead atoms. The Bertz CT molecular complexity index is 355. The molecule has 1 aliphatic heterocycles. The standard InChI is InChI=1S/C13H19BrN2O/c1-16-6-7-17-13(9-16)12(15)8-10-2-4-11(14)5-3-10/h2-5,12-13H,6-9,15H2,1H3. The van der Waals surface area contributed by atoms with Gasteiger partial charge in [0.05, 0.1) is 12.7 Å². The van der Waals surface area contributed by atoms with Crippen LogP contribution in [0.25, 0.3) is 0 Å². The smallest absolute Gasteiger partial charge is 0.0856 e. The molecule has 2 N–H and O–H groups in total. The topological polar surface area (TPSA) is 38.5 Å². The van der Waals surface area contributed by atoms with Crippen LogP contribution in [-0.2, 0) is 11.2 Å². The number of morpholine rings is 1. The van der Waals surface area contributed by atoms with Gasteiger partial charge in [0.15, 0.2) is 0 Å². The van der Waals surface area contributed by atoms with Gasteiger partial charge in [-0.15, -0.1) is 0 Å². The molecular weight excluding hydrogens is 280 g/mol. The number of halogens is 1. The van der Waals surface area contributed by atoms with Crippen molar-refractivity contribution < 1.29 is 4.74 Å². The SMILES string of the molecule is CN1CCOC(C(N)Cc2ccc(Br)cc2)C1. The molecule has 0 saturated carbocycles. The molecule has 2 atom stereocenters. The number of hydrogen-bond donors (Lipinski definition) is 1. The lowest BCUT2D eigenvalue weighted by molar-refractivity contribution is -0.0319. The van der Waals surface area contributed by atoms with Gasteiger partial charge >= 0.3 is 0 Å². The molecular formula is C13H19BrN2O. The second-order valence-electron chi connectivity index (χ2n) is 4.67. The van der Waals surface area contributed by atoms with Gasteiger partial charge in [-0.25, -0.2) is 0 Å². The third-order valence-corrected chi connectivity index (χ3v) is 3.69. The maximum atomic E-state index is 6.22. The molecule has 0 spiro atoms. The highest BCUT2D eigenvalue weighted by atomic mass is 79.9. The predicted molar refractivity (Wildman–Crippen MR) is 73.1 cm³/mol. The number of benzene rings is 1. The minimum absolute atomic E-state index is 0.0684. The van der Waals surface area contributed by atoms with Crippen LogP contribution in [0.1, 0.15) is 5.56 Å². The fraction of sp³-hybridized carbons (Fsp3) is 0.538. The van der Waals surface area contributed by atoms with Gasteiger partial charge in [0.1, 0.15) is 0 Å². The summed E-state index contributed by atoms with van der Waals surface area (Å²) in [5.74, 6) is 0. The lowest BCUT2D eigenvalue weighted by Crippen LogP contribution is -2.50. The molecule has 94 valence electrons. The van der Waals surface area contributed by atoms with Crippen molar-refractivity contribution in [3.8, 4) is 0 Å². The molecule has 1 aliphatic rings. The summed E-state index contributed by atoms with van der Waals surface area (Å²) in [6, 6.07) is 8.39. The van der Waals surface area contributed by atoms with Gasteiger partial charge in [-0.3, -0.25) is 0 Å². The molecule has 1 aromatic rings. The molecule has 17 heavy (non-hydrogen) atoms. The first-order chi connectivity index (χ1) is 8.15. The van der Waals surface area contributed by atoms with E-state index in [-0.39, 0.29) is 12.1 Å². The van der Waals surface area contributed by atoms with E-state index in [0.717, 1.165) is 30.6 Å². The van der Waals surface area contributed by atoms with E-state index in [0.29, 0.717) is 0 Å². The van der Waals surface area contributed by atoms with Crippen LogP contribution < -0.4 is 5.73 Å². The van der Waals surface area contributed by atoms with E-state index >= 15 is 0 Å². The largest absolute Gasteiger partial charge is 0.374 e. The Hall–Kier alpha value is -0.420. The summed E-state index contributed by atoms with van der Waals surface area (Å²) in [5, 5.41) is 0. The molecule has 1 heterocycles. The van der Waals surface area contributed by atoms with Gasteiger partial charge in [-0.1, -0.05) is 28.1 Å². The second kappa shape index (κ2) is 5.96. The van der Waals surface area contributed by atoms with E-state index in [4.69, 9.17) is 10.5 Å². The highest BCUT2D eigenvalue weighted by Crippen LogP contribution is 2.14. The Morgan fingerprint density at radius 2 is 2.18 bits per heavy atom.